The maximum absolute atomic E-state index is 11.9. The SMILES string of the molecule is CCCOCC(=O)N(CC)c1ccc(C)cc1. The number of carbonyl (C=O) groups is 1. The van der Waals surface area contributed by atoms with Crippen LogP contribution in [-0.4, -0.2) is 25.7 Å². The van der Waals surface area contributed by atoms with Crippen LogP contribution in [0.15, 0.2) is 24.3 Å². The fourth-order valence-electron chi connectivity index (χ4n) is 1.61. The molecule has 1 amide bonds. The molecular formula is C14H21NO2. The van der Waals surface area contributed by atoms with E-state index in [1.807, 2.05) is 45.0 Å². The van der Waals surface area contributed by atoms with Crippen molar-refractivity contribution in [3.8, 4) is 0 Å². The molecule has 1 aromatic carbocycles. The molecule has 3 heteroatoms. The number of ether oxygens (including phenoxy) is 1. The Morgan fingerprint density at radius 2 is 1.88 bits per heavy atom. The Morgan fingerprint density at radius 3 is 2.41 bits per heavy atom. The fraction of sp³-hybridized carbons (Fsp3) is 0.500. The van der Waals surface area contributed by atoms with Gasteiger partial charge in [0, 0.05) is 18.8 Å². The molecule has 0 bridgehead atoms. The van der Waals surface area contributed by atoms with E-state index in [2.05, 4.69) is 0 Å². The first-order valence-corrected chi connectivity index (χ1v) is 6.13. The molecule has 0 unspecified atom stereocenters. The van der Waals surface area contributed by atoms with Gasteiger partial charge in [-0.2, -0.15) is 0 Å². The minimum absolute atomic E-state index is 0.0183. The van der Waals surface area contributed by atoms with Gasteiger partial charge in [0.2, 0.25) is 0 Å². The molecule has 0 atom stereocenters. The molecule has 94 valence electrons. The first-order chi connectivity index (χ1) is 8.19. The highest BCUT2D eigenvalue weighted by Crippen LogP contribution is 2.15. The molecule has 0 N–H and O–H groups in total. The zero-order valence-electron chi connectivity index (χ0n) is 10.9. The van der Waals surface area contributed by atoms with Gasteiger partial charge in [-0.05, 0) is 32.4 Å². The summed E-state index contributed by atoms with van der Waals surface area (Å²) >= 11 is 0. The first kappa shape index (κ1) is 13.7. The van der Waals surface area contributed by atoms with Gasteiger partial charge in [0.15, 0.2) is 0 Å². The van der Waals surface area contributed by atoms with Crippen LogP contribution >= 0.6 is 0 Å². The van der Waals surface area contributed by atoms with E-state index in [1.165, 1.54) is 5.56 Å². The third-order valence-electron chi connectivity index (χ3n) is 2.54. The Labute approximate surface area is 103 Å². The van der Waals surface area contributed by atoms with Crippen molar-refractivity contribution in [1.82, 2.24) is 0 Å². The summed E-state index contributed by atoms with van der Waals surface area (Å²) in [6, 6.07) is 7.96. The second kappa shape index (κ2) is 7.07. The van der Waals surface area contributed by atoms with E-state index in [4.69, 9.17) is 4.74 Å². The number of rotatable bonds is 6. The van der Waals surface area contributed by atoms with E-state index >= 15 is 0 Å². The molecule has 1 rings (SSSR count). The van der Waals surface area contributed by atoms with Crippen LogP contribution in [0.25, 0.3) is 0 Å². The largest absolute Gasteiger partial charge is 0.372 e. The number of nitrogens with zero attached hydrogens (tertiary/aromatic N) is 1. The molecule has 0 aliphatic rings. The standard InChI is InChI=1S/C14H21NO2/c1-4-10-17-11-14(16)15(5-2)13-8-6-12(3)7-9-13/h6-9H,4-5,10-11H2,1-3H3. The van der Waals surface area contributed by atoms with Gasteiger partial charge in [-0.15, -0.1) is 0 Å². The van der Waals surface area contributed by atoms with Crippen LogP contribution in [-0.2, 0) is 9.53 Å². The lowest BCUT2D eigenvalue weighted by molar-refractivity contribution is -0.123. The molecular weight excluding hydrogens is 214 g/mol. The Balaban J connectivity index is 2.64. The van der Waals surface area contributed by atoms with Crippen LogP contribution in [0, 0.1) is 6.92 Å². The van der Waals surface area contributed by atoms with Gasteiger partial charge >= 0.3 is 0 Å². The lowest BCUT2D eigenvalue weighted by Crippen LogP contribution is -2.33. The van der Waals surface area contributed by atoms with Crippen LogP contribution in [0.1, 0.15) is 25.8 Å². The number of anilines is 1. The second-order valence-electron chi connectivity index (χ2n) is 4.03. The molecule has 0 spiro atoms. The maximum atomic E-state index is 11.9. The van der Waals surface area contributed by atoms with E-state index in [0.717, 1.165) is 12.1 Å². The summed E-state index contributed by atoms with van der Waals surface area (Å²) in [4.78, 5) is 13.7. The molecule has 0 heterocycles. The highest BCUT2D eigenvalue weighted by Gasteiger charge is 2.13. The lowest BCUT2D eigenvalue weighted by Gasteiger charge is -2.21. The van der Waals surface area contributed by atoms with E-state index < -0.39 is 0 Å². The quantitative estimate of drug-likeness (QED) is 0.710. The average molecular weight is 235 g/mol. The summed E-state index contributed by atoms with van der Waals surface area (Å²) in [5.74, 6) is 0.0183. The van der Waals surface area contributed by atoms with Crippen molar-refractivity contribution in [2.75, 3.05) is 24.7 Å². The number of hydrogen-bond acceptors (Lipinski definition) is 2. The number of carbonyl (C=O) groups excluding carboxylic acids is 1. The smallest absolute Gasteiger partial charge is 0.252 e. The summed E-state index contributed by atoms with van der Waals surface area (Å²) in [6.45, 7) is 7.50. The summed E-state index contributed by atoms with van der Waals surface area (Å²) in [6.07, 6.45) is 0.934. The summed E-state index contributed by atoms with van der Waals surface area (Å²) in [7, 11) is 0. The highest BCUT2D eigenvalue weighted by molar-refractivity contribution is 5.94. The zero-order chi connectivity index (χ0) is 12.7. The van der Waals surface area contributed by atoms with Gasteiger partial charge in [-0.3, -0.25) is 4.79 Å². The van der Waals surface area contributed by atoms with Crippen molar-refractivity contribution in [2.45, 2.75) is 27.2 Å². The highest BCUT2D eigenvalue weighted by atomic mass is 16.5. The van der Waals surface area contributed by atoms with Crippen molar-refractivity contribution < 1.29 is 9.53 Å². The van der Waals surface area contributed by atoms with Gasteiger partial charge in [-0.25, -0.2) is 0 Å². The van der Waals surface area contributed by atoms with Gasteiger partial charge in [0.05, 0.1) is 0 Å². The lowest BCUT2D eigenvalue weighted by atomic mass is 10.2. The van der Waals surface area contributed by atoms with E-state index in [9.17, 15) is 4.79 Å². The monoisotopic (exact) mass is 235 g/mol. The maximum Gasteiger partial charge on any atom is 0.252 e. The van der Waals surface area contributed by atoms with Crippen molar-refractivity contribution in [3.05, 3.63) is 29.8 Å². The number of likely N-dealkylation sites (N-methyl/N-ethyl adjacent to an activating group) is 1. The molecule has 0 saturated heterocycles. The normalized spacial score (nSPS) is 10.3. The Hall–Kier alpha value is -1.35. The molecule has 0 aliphatic carbocycles. The van der Waals surface area contributed by atoms with Crippen LogP contribution in [0.5, 0.6) is 0 Å². The zero-order valence-corrected chi connectivity index (χ0v) is 10.9. The van der Waals surface area contributed by atoms with E-state index in [0.29, 0.717) is 13.2 Å². The van der Waals surface area contributed by atoms with Crippen LogP contribution in [0.2, 0.25) is 0 Å². The van der Waals surface area contributed by atoms with Crippen LogP contribution in [0.3, 0.4) is 0 Å². The van der Waals surface area contributed by atoms with Gasteiger partial charge < -0.3 is 9.64 Å². The fourth-order valence-corrected chi connectivity index (χ4v) is 1.61. The van der Waals surface area contributed by atoms with Crippen LogP contribution < -0.4 is 4.90 Å². The third-order valence-corrected chi connectivity index (χ3v) is 2.54. The van der Waals surface area contributed by atoms with E-state index in [1.54, 1.807) is 4.90 Å². The van der Waals surface area contributed by atoms with Crippen molar-refractivity contribution in [1.29, 1.82) is 0 Å². The number of aryl methyl sites for hydroxylation is 1. The molecule has 3 nitrogen and oxygen atoms in total. The molecule has 0 aliphatic heterocycles. The van der Waals surface area contributed by atoms with Gasteiger partial charge in [0.1, 0.15) is 6.61 Å². The molecule has 1 aromatic rings. The minimum atomic E-state index is 0.0183. The second-order valence-corrected chi connectivity index (χ2v) is 4.03. The topological polar surface area (TPSA) is 29.5 Å². The minimum Gasteiger partial charge on any atom is -0.372 e. The predicted octanol–water partition coefficient (Wildman–Crippen LogP) is 2.77. The Morgan fingerprint density at radius 1 is 1.24 bits per heavy atom. The first-order valence-electron chi connectivity index (χ1n) is 6.13. The average Bonchev–Trinajstić information content (AvgIpc) is 2.33. The summed E-state index contributed by atoms with van der Waals surface area (Å²) in [5.41, 5.74) is 2.13. The van der Waals surface area contributed by atoms with Crippen molar-refractivity contribution in [2.24, 2.45) is 0 Å². The predicted molar refractivity (Wildman–Crippen MR) is 70.3 cm³/mol. The Kier molecular flexibility index (Phi) is 5.70. The molecule has 17 heavy (non-hydrogen) atoms. The van der Waals surface area contributed by atoms with Gasteiger partial charge in [0.25, 0.3) is 5.91 Å². The Bertz CT molecular complexity index is 346. The summed E-state index contributed by atoms with van der Waals surface area (Å²) < 4.78 is 5.28. The third kappa shape index (κ3) is 4.19. The molecule has 0 saturated carbocycles. The van der Waals surface area contributed by atoms with Crippen molar-refractivity contribution >= 4 is 11.6 Å². The van der Waals surface area contributed by atoms with Gasteiger partial charge in [-0.1, -0.05) is 24.6 Å². The number of amides is 1. The molecule has 0 fully saturated rings. The summed E-state index contributed by atoms with van der Waals surface area (Å²) in [5, 5.41) is 0. The number of benzene rings is 1. The van der Waals surface area contributed by atoms with E-state index in [-0.39, 0.29) is 12.5 Å². The van der Waals surface area contributed by atoms with Crippen LogP contribution in [0.4, 0.5) is 5.69 Å². The van der Waals surface area contributed by atoms with Crippen molar-refractivity contribution in [3.63, 3.8) is 0 Å². The molecule has 0 aromatic heterocycles. The number of hydrogen-bond donors (Lipinski definition) is 0. The molecule has 0 radical (unpaired) electrons.